The Balaban J connectivity index is 2.70. The number of nitrogens with zero attached hydrogens (tertiary/aromatic N) is 1. The van der Waals surface area contributed by atoms with Gasteiger partial charge < -0.3 is 15.3 Å². The van der Waals surface area contributed by atoms with Crippen LogP contribution in [-0.2, 0) is 5.54 Å². The van der Waals surface area contributed by atoms with E-state index < -0.39 is 0 Å². The van der Waals surface area contributed by atoms with Gasteiger partial charge in [0.1, 0.15) is 0 Å². The summed E-state index contributed by atoms with van der Waals surface area (Å²) in [5.74, 6) is 0. The predicted molar refractivity (Wildman–Crippen MR) is 75.1 cm³/mol. The average molecular weight is 301 g/mol. The number of benzene rings is 1. The van der Waals surface area contributed by atoms with Crippen molar-refractivity contribution in [3.05, 3.63) is 34.3 Å². The fourth-order valence-corrected chi connectivity index (χ4v) is 1.89. The molecule has 0 aromatic heterocycles. The Bertz CT molecular complexity index is 340. The van der Waals surface area contributed by atoms with Gasteiger partial charge in [0.15, 0.2) is 0 Å². The second-order valence-electron chi connectivity index (χ2n) is 4.73. The molecule has 0 radical (unpaired) electrons. The highest BCUT2D eigenvalue weighted by atomic mass is 79.9. The molecular formula is C13H21BrN2O. The number of likely N-dealkylation sites (N-methyl/N-ethyl adjacent to an activating group) is 1. The van der Waals surface area contributed by atoms with Crippen LogP contribution in [0.4, 0.5) is 0 Å². The van der Waals surface area contributed by atoms with Crippen LogP contribution in [0.15, 0.2) is 28.7 Å². The van der Waals surface area contributed by atoms with Gasteiger partial charge in [-0.25, -0.2) is 0 Å². The van der Waals surface area contributed by atoms with Crippen LogP contribution in [0.25, 0.3) is 0 Å². The third-order valence-electron chi connectivity index (χ3n) is 2.87. The summed E-state index contributed by atoms with van der Waals surface area (Å²) in [6.45, 7) is 3.90. The maximum absolute atomic E-state index is 9.59. The molecule has 0 bridgehead atoms. The third kappa shape index (κ3) is 4.39. The van der Waals surface area contributed by atoms with Crippen molar-refractivity contribution in [1.82, 2.24) is 10.2 Å². The van der Waals surface area contributed by atoms with Gasteiger partial charge in [0, 0.05) is 17.6 Å². The van der Waals surface area contributed by atoms with Crippen molar-refractivity contribution in [2.45, 2.75) is 12.5 Å². The van der Waals surface area contributed by atoms with Gasteiger partial charge in [-0.2, -0.15) is 0 Å². The predicted octanol–water partition coefficient (Wildman–Crippen LogP) is 1.81. The first-order valence-corrected chi connectivity index (χ1v) is 6.54. The van der Waals surface area contributed by atoms with Crippen molar-refractivity contribution in [1.29, 1.82) is 0 Å². The normalized spacial score (nSPS) is 14.9. The van der Waals surface area contributed by atoms with Crippen LogP contribution in [-0.4, -0.2) is 43.8 Å². The SMILES string of the molecule is CN(C)CCNC(C)(CO)c1ccc(Br)cc1. The first-order valence-electron chi connectivity index (χ1n) is 5.74. The molecule has 0 spiro atoms. The fourth-order valence-electron chi connectivity index (χ4n) is 1.62. The highest BCUT2D eigenvalue weighted by Gasteiger charge is 2.24. The number of aliphatic hydroxyl groups excluding tert-OH is 1. The highest BCUT2D eigenvalue weighted by Crippen LogP contribution is 2.22. The smallest absolute Gasteiger partial charge is 0.0652 e. The van der Waals surface area contributed by atoms with Crippen LogP contribution < -0.4 is 5.32 Å². The Kier molecular flexibility index (Phi) is 5.59. The number of aliphatic hydroxyl groups is 1. The van der Waals surface area contributed by atoms with E-state index in [4.69, 9.17) is 0 Å². The van der Waals surface area contributed by atoms with E-state index in [9.17, 15) is 5.11 Å². The van der Waals surface area contributed by atoms with Crippen LogP contribution >= 0.6 is 15.9 Å². The summed E-state index contributed by atoms with van der Waals surface area (Å²) in [5.41, 5.74) is 0.721. The van der Waals surface area contributed by atoms with Gasteiger partial charge in [0.25, 0.3) is 0 Å². The van der Waals surface area contributed by atoms with Crippen molar-refractivity contribution in [2.24, 2.45) is 0 Å². The van der Waals surface area contributed by atoms with Gasteiger partial charge in [-0.05, 0) is 38.7 Å². The molecule has 0 aliphatic heterocycles. The lowest BCUT2D eigenvalue weighted by atomic mass is 9.93. The van der Waals surface area contributed by atoms with Gasteiger partial charge in [0.2, 0.25) is 0 Å². The first-order chi connectivity index (χ1) is 7.98. The Morgan fingerprint density at radius 3 is 2.35 bits per heavy atom. The zero-order valence-electron chi connectivity index (χ0n) is 10.7. The molecule has 0 amide bonds. The van der Waals surface area contributed by atoms with Crippen molar-refractivity contribution in [3.8, 4) is 0 Å². The highest BCUT2D eigenvalue weighted by molar-refractivity contribution is 9.10. The number of hydrogen-bond acceptors (Lipinski definition) is 3. The number of halogens is 1. The lowest BCUT2D eigenvalue weighted by molar-refractivity contribution is 0.172. The Hall–Kier alpha value is -0.420. The molecule has 17 heavy (non-hydrogen) atoms. The summed E-state index contributed by atoms with van der Waals surface area (Å²) >= 11 is 3.42. The monoisotopic (exact) mass is 300 g/mol. The lowest BCUT2D eigenvalue weighted by Gasteiger charge is -2.30. The Morgan fingerprint density at radius 1 is 1.29 bits per heavy atom. The molecule has 0 saturated carbocycles. The molecule has 0 aliphatic rings. The Morgan fingerprint density at radius 2 is 1.88 bits per heavy atom. The maximum atomic E-state index is 9.59. The van der Waals surface area contributed by atoms with Gasteiger partial charge >= 0.3 is 0 Å². The topological polar surface area (TPSA) is 35.5 Å². The zero-order chi connectivity index (χ0) is 12.9. The van der Waals surface area contributed by atoms with E-state index in [1.165, 1.54) is 0 Å². The van der Waals surface area contributed by atoms with Crippen LogP contribution in [0.1, 0.15) is 12.5 Å². The number of rotatable bonds is 6. The summed E-state index contributed by atoms with van der Waals surface area (Å²) < 4.78 is 1.05. The number of nitrogens with one attached hydrogen (secondary N) is 1. The van der Waals surface area contributed by atoms with E-state index in [-0.39, 0.29) is 12.1 Å². The molecular weight excluding hydrogens is 280 g/mol. The molecule has 4 heteroatoms. The second-order valence-corrected chi connectivity index (χ2v) is 5.64. The van der Waals surface area contributed by atoms with Crippen LogP contribution in [0.3, 0.4) is 0 Å². The lowest BCUT2D eigenvalue weighted by Crippen LogP contribution is -2.45. The first kappa shape index (κ1) is 14.6. The summed E-state index contributed by atoms with van der Waals surface area (Å²) in [5, 5.41) is 13.0. The minimum Gasteiger partial charge on any atom is -0.394 e. The number of hydrogen-bond donors (Lipinski definition) is 2. The minimum absolute atomic E-state index is 0.0854. The molecule has 1 rings (SSSR count). The standard InChI is InChI=1S/C13H21BrN2O/c1-13(10-17,15-8-9-16(2)3)11-4-6-12(14)7-5-11/h4-7,15,17H,8-10H2,1-3H3. The average Bonchev–Trinajstić information content (AvgIpc) is 2.29. The Labute approximate surface area is 112 Å². The molecule has 96 valence electrons. The summed E-state index contributed by atoms with van der Waals surface area (Å²) in [6.07, 6.45) is 0. The van der Waals surface area contributed by atoms with Gasteiger partial charge in [-0.3, -0.25) is 0 Å². The minimum atomic E-state index is -0.378. The van der Waals surface area contributed by atoms with E-state index >= 15 is 0 Å². The van der Waals surface area contributed by atoms with Crippen molar-refractivity contribution in [3.63, 3.8) is 0 Å². The van der Waals surface area contributed by atoms with Crippen LogP contribution in [0.5, 0.6) is 0 Å². The second kappa shape index (κ2) is 6.50. The molecule has 1 aromatic rings. The van der Waals surface area contributed by atoms with Crippen molar-refractivity contribution >= 4 is 15.9 Å². The molecule has 2 N–H and O–H groups in total. The molecule has 1 aromatic carbocycles. The van der Waals surface area contributed by atoms with E-state index in [0.29, 0.717) is 0 Å². The van der Waals surface area contributed by atoms with Crippen LogP contribution in [0.2, 0.25) is 0 Å². The molecule has 0 fully saturated rings. The summed E-state index contributed by atoms with van der Waals surface area (Å²) in [7, 11) is 4.08. The van der Waals surface area contributed by atoms with E-state index in [1.807, 2.05) is 45.3 Å². The third-order valence-corrected chi connectivity index (χ3v) is 3.40. The van der Waals surface area contributed by atoms with Crippen molar-refractivity contribution < 1.29 is 5.11 Å². The zero-order valence-corrected chi connectivity index (χ0v) is 12.3. The van der Waals surface area contributed by atoms with E-state index in [1.54, 1.807) is 0 Å². The summed E-state index contributed by atoms with van der Waals surface area (Å²) in [6, 6.07) is 8.06. The van der Waals surface area contributed by atoms with E-state index in [2.05, 4.69) is 26.1 Å². The molecule has 3 nitrogen and oxygen atoms in total. The molecule has 0 heterocycles. The quantitative estimate of drug-likeness (QED) is 0.841. The van der Waals surface area contributed by atoms with Gasteiger partial charge in [-0.15, -0.1) is 0 Å². The van der Waals surface area contributed by atoms with Gasteiger partial charge in [0.05, 0.1) is 12.1 Å². The molecule has 1 atom stereocenters. The molecule has 0 saturated heterocycles. The van der Waals surface area contributed by atoms with Crippen LogP contribution in [0, 0.1) is 0 Å². The molecule has 0 aliphatic carbocycles. The molecule has 1 unspecified atom stereocenters. The van der Waals surface area contributed by atoms with Gasteiger partial charge in [-0.1, -0.05) is 28.1 Å². The fraction of sp³-hybridized carbons (Fsp3) is 0.538. The van der Waals surface area contributed by atoms with E-state index in [0.717, 1.165) is 23.1 Å². The largest absolute Gasteiger partial charge is 0.394 e. The summed E-state index contributed by atoms with van der Waals surface area (Å²) in [4.78, 5) is 2.12. The van der Waals surface area contributed by atoms with Crippen molar-refractivity contribution in [2.75, 3.05) is 33.8 Å². The maximum Gasteiger partial charge on any atom is 0.0652 e.